The van der Waals surface area contributed by atoms with Gasteiger partial charge in [-0.25, -0.2) is 9.18 Å². The molecule has 2 amide bonds. The highest BCUT2D eigenvalue weighted by Gasteiger charge is 2.33. The SMILES string of the molecule is C[C@@H]1CN(C(=O)c2cc(F)c(Cl)c(Br)c2)CCN1C(=O)OC(C)(C)C. The van der Waals surface area contributed by atoms with Crippen molar-refractivity contribution in [3.8, 4) is 0 Å². The number of ether oxygens (including phenoxy) is 1. The van der Waals surface area contributed by atoms with Crippen LogP contribution in [0.4, 0.5) is 9.18 Å². The Bertz CT molecular complexity index is 670. The summed E-state index contributed by atoms with van der Waals surface area (Å²) in [5.41, 5.74) is -0.358. The number of halogens is 3. The zero-order valence-corrected chi connectivity index (χ0v) is 16.9. The van der Waals surface area contributed by atoms with E-state index in [4.69, 9.17) is 16.3 Å². The van der Waals surface area contributed by atoms with Crippen molar-refractivity contribution < 1.29 is 18.7 Å². The smallest absolute Gasteiger partial charge is 0.410 e. The number of amides is 2. The van der Waals surface area contributed by atoms with Crippen LogP contribution < -0.4 is 0 Å². The second kappa shape index (κ2) is 7.50. The molecule has 8 heteroatoms. The van der Waals surface area contributed by atoms with Crippen molar-refractivity contribution in [3.63, 3.8) is 0 Å². The molecule has 1 fully saturated rings. The molecule has 0 spiro atoms. The Balaban J connectivity index is 2.07. The Labute approximate surface area is 160 Å². The summed E-state index contributed by atoms with van der Waals surface area (Å²) in [6.45, 7) is 8.33. The van der Waals surface area contributed by atoms with E-state index in [0.29, 0.717) is 24.1 Å². The highest BCUT2D eigenvalue weighted by molar-refractivity contribution is 9.10. The topological polar surface area (TPSA) is 49.9 Å². The molecule has 5 nitrogen and oxygen atoms in total. The van der Waals surface area contributed by atoms with Crippen molar-refractivity contribution in [2.75, 3.05) is 19.6 Å². The lowest BCUT2D eigenvalue weighted by molar-refractivity contribution is 0.00198. The van der Waals surface area contributed by atoms with E-state index in [0.717, 1.165) is 6.07 Å². The van der Waals surface area contributed by atoms with Crippen molar-refractivity contribution in [1.29, 1.82) is 0 Å². The van der Waals surface area contributed by atoms with E-state index >= 15 is 0 Å². The fourth-order valence-electron chi connectivity index (χ4n) is 2.60. The predicted molar refractivity (Wildman–Crippen MR) is 97.4 cm³/mol. The van der Waals surface area contributed by atoms with Gasteiger partial charge in [0.2, 0.25) is 0 Å². The fraction of sp³-hybridized carbons (Fsp3) is 0.529. The normalized spacial score (nSPS) is 18.3. The number of benzene rings is 1. The van der Waals surface area contributed by atoms with E-state index < -0.39 is 17.5 Å². The second-order valence-corrected chi connectivity index (χ2v) is 8.26. The molecule has 2 rings (SSSR count). The molecule has 1 aromatic rings. The van der Waals surface area contributed by atoms with Crippen molar-refractivity contribution in [2.24, 2.45) is 0 Å². The highest BCUT2D eigenvalue weighted by atomic mass is 79.9. The van der Waals surface area contributed by atoms with E-state index in [1.807, 2.05) is 27.7 Å². The largest absolute Gasteiger partial charge is 0.444 e. The number of rotatable bonds is 1. The first-order valence-electron chi connectivity index (χ1n) is 7.93. The molecule has 1 aromatic carbocycles. The number of hydrogen-bond acceptors (Lipinski definition) is 3. The first kappa shape index (κ1) is 20.0. The molecule has 0 N–H and O–H groups in total. The van der Waals surface area contributed by atoms with Gasteiger partial charge in [0, 0.05) is 35.7 Å². The maximum Gasteiger partial charge on any atom is 0.410 e. The summed E-state index contributed by atoms with van der Waals surface area (Å²) in [5.74, 6) is -0.952. The lowest BCUT2D eigenvalue weighted by atomic mass is 10.1. The van der Waals surface area contributed by atoms with Gasteiger partial charge in [-0.1, -0.05) is 11.6 Å². The summed E-state index contributed by atoms with van der Waals surface area (Å²) in [6, 6.07) is 2.42. The van der Waals surface area contributed by atoms with Gasteiger partial charge in [0.05, 0.1) is 5.02 Å². The average Bonchev–Trinajstić information content (AvgIpc) is 2.49. The Hall–Kier alpha value is -1.34. The minimum absolute atomic E-state index is 0.0559. The standard InChI is InChI=1S/C17H21BrClFN2O3/c1-10-9-21(5-6-22(10)16(24)25-17(2,3)4)15(23)11-7-12(18)14(19)13(20)8-11/h7-8,10H,5-6,9H2,1-4H3/t10-/m1/s1. The van der Waals surface area contributed by atoms with Gasteiger partial charge in [-0.2, -0.15) is 0 Å². The van der Waals surface area contributed by atoms with Gasteiger partial charge in [-0.05, 0) is 55.8 Å². The molecule has 0 radical (unpaired) electrons. The minimum atomic E-state index is -0.653. The van der Waals surface area contributed by atoms with Gasteiger partial charge >= 0.3 is 6.09 Å². The zero-order valence-electron chi connectivity index (χ0n) is 14.6. The van der Waals surface area contributed by atoms with Crippen molar-refractivity contribution in [1.82, 2.24) is 9.80 Å². The van der Waals surface area contributed by atoms with Gasteiger partial charge in [-0.3, -0.25) is 4.79 Å². The monoisotopic (exact) mass is 434 g/mol. The summed E-state index contributed by atoms with van der Waals surface area (Å²) < 4.78 is 19.5. The van der Waals surface area contributed by atoms with Gasteiger partial charge < -0.3 is 14.5 Å². The Morgan fingerprint density at radius 1 is 1.32 bits per heavy atom. The number of piperazine rings is 1. The third kappa shape index (κ3) is 4.85. The zero-order chi connectivity index (χ0) is 18.9. The number of nitrogens with zero attached hydrogens (tertiary/aromatic N) is 2. The molecule has 1 aliphatic heterocycles. The third-order valence-corrected chi connectivity index (χ3v) is 5.01. The van der Waals surface area contributed by atoms with E-state index in [9.17, 15) is 14.0 Å². The summed E-state index contributed by atoms with van der Waals surface area (Å²) in [4.78, 5) is 28.1. The quantitative estimate of drug-likeness (QED) is 0.617. The van der Waals surface area contributed by atoms with Crippen LogP contribution in [-0.2, 0) is 4.74 Å². The van der Waals surface area contributed by atoms with Crippen LogP contribution in [0.3, 0.4) is 0 Å². The predicted octanol–water partition coefficient (Wildman–Crippen LogP) is 4.32. The van der Waals surface area contributed by atoms with Crippen LogP contribution in [0.15, 0.2) is 16.6 Å². The molecule has 1 aliphatic rings. The van der Waals surface area contributed by atoms with Crippen LogP contribution in [0.5, 0.6) is 0 Å². The Morgan fingerprint density at radius 2 is 1.96 bits per heavy atom. The number of carbonyl (C=O) groups excluding carboxylic acids is 2. The number of hydrogen-bond donors (Lipinski definition) is 0. The molecule has 1 heterocycles. The maximum absolute atomic E-state index is 13.8. The molecular formula is C17H21BrClFN2O3. The van der Waals surface area contributed by atoms with Gasteiger partial charge in [0.25, 0.3) is 5.91 Å². The molecule has 1 atom stereocenters. The first-order chi connectivity index (χ1) is 11.5. The van der Waals surface area contributed by atoms with Crippen LogP contribution in [0, 0.1) is 5.82 Å². The summed E-state index contributed by atoms with van der Waals surface area (Å²) in [7, 11) is 0. The van der Waals surface area contributed by atoms with Crippen LogP contribution in [0.2, 0.25) is 5.02 Å². The van der Waals surface area contributed by atoms with E-state index in [1.54, 1.807) is 9.80 Å². The Kier molecular flexibility index (Phi) is 5.99. The van der Waals surface area contributed by atoms with E-state index in [-0.39, 0.29) is 22.5 Å². The van der Waals surface area contributed by atoms with Crippen molar-refractivity contribution >= 4 is 39.5 Å². The first-order valence-corrected chi connectivity index (χ1v) is 9.10. The molecule has 0 aromatic heterocycles. The van der Waals surface area contributed by atoms with Gasteiger partial charge in [0.15, 0.2) is 0 Å². The molecular weight excluding hydrogens is 415 g/mol. The molecule has 0 aliphatic carbocycles. The molecule has 1 saturated heterocycles. The van der Waals surface area contributed by atoms with Crippen molar-refractivity contribution in [3.05, 3.63) is 33.0 Å². The summed E-state index contributed by atoms with van der Waals surface area (Å²) in [5, 5.41) is -0.0559. The van der Waals surface area contributed by atoms with E-state index in [1.165, 1.54) is 6.07 Å². The molecule has 138 valence electrons. The van der Waals surface area contributed by atoms with Crippen LogP contribution >= 0.6 is 27.5 Å². The minimum Gasteiger partial charge on any atom is -0.444 e. The molecule has 0 unspecified atom stereocenters. The highest BCUT2D eigenvalue weighted by Crippen LogP contribution is 2.28. The van der Waals surface area contributed by atoms with Gasteiger partial charge in [0.1, 0.15) is 11.4 Å². The fourth-order valence-corrected chi connectivity index (χ4v) is 3.14. The average molecular weight is 436 g/mol. The maximum atomic E-state index is 13.8. The van der Waals surface area contributed by atoms with Crippen molar-refractivity contribution in [2.45, 2.75) is 39.3 Å². The summed E-state index contributed by atoms with van der Waals surface area (Å²) >= 11 is 8.91. The van der Waals surface area contributed by atoms with Crippen LogP contribution in [0.25, 0.3) is 0 Å². The Morgan fingerprint density at radius 3 is 2.48 bits per heavy atom. The third-order valence-electron chi connectivity index (χ3n) is 3.77. The number of carbonyl (C=O) groups is 2. The second-order valence-electron chi connectivity index (χ2n) is 7.03. The van der Waals surface area contributed by atoms with Crippen LogP contribution in [0.1, 0.15) is 38.1 Å². The van der Waals surface area contributed by atoms with E-state index in [2.05, 4.69) is 15.9 Å². The molecule has 25 heavy (non-hydrogen) atoms. The summed E-state index contributed by atoms with van der Waals surface area (Å²) in [6.07, 6.45) is -0.396. The lowest BCUT2D eigenvalue weighted by Gasteiger charge is -2.40. The van der Waals surface area contributed by atoms with Crippen LogP contribution in [-0.4, -0.2) is 53.1 Å². The lowest BCUT2D eigenvalue weighted by Crippen LogP contribution is -2.56. The molecule has 0 saturated carbocycles. The molecule has 0 bridgehead atoms. The van der Waals surface area contributed by atoms with Gasteiger partial charge in [-0.15, -0.1) is 0 Å².